The SMILES string of the molecule is O=C(O)CCc1cnc2[nH]cc(C(=O)c3c(F)ccc(N=S(=O)=O)c3F)c2c1. The molecule has 3 rings (SSSR count). The van der Waals surface area contributed by atoms with E-state index in [0.29, 0.717) is 5.56 Å². The maximum absolute atomic E-state index is 14.5. The van der Waals surface area contributed by atoms with Gasteiger partial charge in [-0.2, -0.15) is 8.42 Å². The molecule has 0 saturated carbocycles. The number of pyridine rings is 1. The Bertz CT molecular complexity index is 1240. The van der Waals surface area contributed by atoms with Crippen LogP contribution in [0.15, 0.2) is 35.0 Å². The van der Waals surface area contributed by atoms with Crippen molar-refractivity contribution < 1.29 is 31.9 Å². The molecule has 0 amide bonds. The van der Waals surface area contributed by atoms with Gasteiger partial charge in [0, 0.05) is 29.8 Å². The number of aromatic nitrogens is 2. The highest BCUT2D eigenvalue weighted by Gasteiger charge is 2.24. The molecule has 2 heterocycles. The molecule has 2 aromatic heterocycles. The third-order valence-electron chi connectivity index (χ3n) is 3.93. The van der Waals surface area contributed by atoms with Crippen LogP contribution in [0.3, 0.4) is 0 Å². The van der Waals surface area contributed by atoms with Crippen LogP contribution in [0, 0.1) is 11.6 Å². The Labute approximate surface area is 157 Å². The van der Waals surface area contributed by atoms with Gasteiger partial charge in [0.15, 0.2) is 5.82 Å². The summed E-state index contributed by atoms with van der Waals surface area (Å²) in [5, 5.41) is 9.02. The number of aliphatic carboxylic acids is 1. The topological polar surface area (TPSA) is 130 Å². The molecule has 144 valence electrons. The lowest BCUT2D eigenvalue weighted by molar-refractivity contribution is -0.136. The summed E-state index contributed by atoms with van der Waals surface area (Å²) in [6.07, 6.45) is 2.65. The van der Waals surface area contributed by atoms with Crippen LogP contribution in [0.4, 0.5) is 14.5 Å². The Balaban J connectivity index is 2.10. The van der Waals surface area contributed by atoms with Gasteiger partial charge in [-0.1, -0.05) is 0 Å². The van der Waals surface area contributed by atoms with Crippen molar-refractivity contribution in [2.45, 2.75) is 12.8 Å². The van der Waals surface area contributed by atoms with Crippen LogP contribution in [0.25, 0.3) is 11.0 Å². The molecule has 3 aromatic rings. The summed E-state index contributed by atoms with van der Waals surface area (Å²) < 4.78 is 53.0. The predicted octanol–water partition coefficient (Wildman–Crippen LogP) is 2.78. The van der Waals surface area contributed by atoms with E-state index in [9.17, 15) is 26.8 Å². The number of H-pyrrole nitrogens is 1. The van der Waals surface area contributed by atoms with Crippen molar-refractivity contribution in [3.8, 4) is 0 Å². The first-order chi connectivity index (χ1) is 13.3. The number of carboxylic acid groups (broad SMARTS) is 1. The van der Waals surface area contributed by atoms with Crippen molar-refractivity contribution in [3.63, 3.8) is 0 Å². The minimum absolute atomic E-state index is 0.0992. The van der Waals surface area contributed by atoms with Gasteiger partial charge in [-0.3, -0.25) is 9.59 Å². The molecule has 0 unspecified atom stereocenters. The van der Waals surface area contributed by atoms with Crippen molar-refractivity contribution in [3.05, 3.63) is 58.9 Å². The molecule has 0 saturated heterocycles. The number of aromatic amines is 1. The van der Waals surface area contributed by atoms with Gasteiger partial charge in [0.25, 0.3) is 0 Å². The highest BCUT2D eigenvalue weighted by Crippen LogP contribution is 2.28. The average Bonchev–Trinajstić information content (AvgIpc) is 3.05. The lowest BCUT2D eigenvalue weighted by Crippen LogP contribution is -2.07. The average molecular weight is 407 g/mol. The fraction of sp³-hybridized carbons (Fsp3) is 0.118. The van der Waals surface area contributed by atoms with E-state index in [4.69, 9.17) is 5.11 Å². The molecule has 0 atom stereocenters. The van der Waals surface area contributed by atoms with Gasteiger partial charge in [0.05, 0.1) is 5.56 Å². The van der Waals surface area contributed by atoms with Gasteiger partial charge >= 0.3 is 16.5 Å². The Hall–Kier alpha value is -3.47. The van der Waals surface area contributed by atoms with Crippen molar-refractivity contribution in [1.29, 1.82) is 0 Å². The second-order valence-corrected chi connectivity index (χ2v) is 6.35. The van der Waals surface area contributed by atoms with Crippen molar-refractivity contribution in [2.24, 2.45) is 4.36 Å². The van der Waals surface area contributed by atoms with E-state index >= 15 is 0 Å². The summed E-state index contributed by atoms with van der Waals surface area (Å²) in [7, 11) is -2.99. The minimum atomic E-state index is -2.99. The predicted molar refractivity (Wildman–Crippen MR) is 92.8 cm³/mol. The summed E-state index contributed by atoms with van der Waals surface area (Å²) in [5.41, 5.74) is -0.959. The molecule has 28 heavy (non-hydrogen) atoms. The largest absolute Gasteiger partial charge is 0.481 e. The van der Waals surface area contributed by atoms with E-state index in [2.05, 4.69) is 14.3 Å². The molecule has 8 nitrogen and oxygen atoms in total. The molecule has 11 heteroatoms. The molecular weight excluding hydrogens is 396 g/mol. The Kier molecular flexibility index (Phi) is 5.27. The number of carbonyl (C=O) groups is 2. The first-order valence-corrected chi connectivity index (χ1v) is 8.82. The molecule has 1 aromatic carbocycles. The summed E-state index contributed by atoms with van der Waals surface area (Å²) in [4.78, 5) is 30.2. The van der Waals surface area contributed by atoms with Gasteiger partial charge in [0.1, 0.15) is 17.2 Å². The third kappa shape index (κ3) is 3.78. The normalized spacial score (nSPS) is 10.8. The first kappa shape index (κ1) is 19.3. The third-order valence-corrected chi connectivity index (χ3v) is 4.28. The molecule has 0 spiro atoms. The summed E-state index contributed by atoms with van der Waals surface area (Å²) in [6.45, 7) is 0. The number of benzene rings is 1. The fourth-order valence-electron chi connectivity index (χ4n) is 2.66. The van der Waals surface area contributed by atoms with Crippen LogP contribution in [-0.4, -0.2) is 35.2 Å². The second kappa shape index (κ2) is 7.64. The Morgan fingerprint density at radius 3 is 2.68 bits per heavy atom. The van der Waals surface area contributed by atoms with Gasteiger partial charge in [0.2, 0.25) is 5.78 Å². The molecule has 0 radical (unpaired) electrons. The smallest absolute Gasteiger partial charge is 0.316 e. The monoisotopic (exact) mass is 407 g/mol. The Morgan fingerprint density at radius 2 is 2.00 bits per heavy atom. The number of carbonyl (C=O) groups excluding carboxylic acids is 1. The van der Waals surface area contributed by atoms with Crippen LogP contribution < -0.4 is 0 Å². The maximum atomic E-state index is 14.5. The van der Waals surface area contributed by atoms with Crippen molar-refractivity contribution in [2.75, 3.05) is 0 Å². The second-order valence-electron chi connectivity index (χ2n) is 5.73. The number of nitrogens with zero attached hydrogens (tertiary/aromatic N) is 2. The van der Waals surface area contributed by atoms with E-state index < -0.39 is 45.1 Å². The van der Waals surface area contributed by atoms with Crippen LogP contribution in [-0.2, 0) is 21.7 Å². The molecule has 0 bridgehead atoms. The zero-order chi connectivity index (χ0) is 20.4. The zero-order valence-electron chi connectivity index (χ0n) is 13.9. The van der Waals surface area contributed by atoms with Crippen LogP contribution in [0.5, 0.6) is 0 Å². The fourth-order valence-corrected chi connectivity index (χ4v) is 2.96. The number of hydrogen-bond donors (Lipinski definition) is 2. The van der Waals surface area contributed by atoms with E-state index in [1.165, 1.54) is 18.5 Å². The van der Waals surface area contributed by atoms with Gasteiger partial charge in [-0.25, -0.2) is 13.8 Å². The number of aryl methyl sites for hydroxylation is 1. The summed E-state index contributed by atoms with van der Waals surface area (Å²) >= 11 is 0. The van der Waals surface area contributed by atoms with E-state index in [1.807, 2.05) is 0 Å². The molecule has 0 fully saturated rings. The number of carboxylic acids is 1. The number of fused-ring (bicyclic) bond motifs is 1. The van der Waals surface area contributed by atoms with Crippen molar-refractivity contribution >= 4 is 39.0 Å². The minimum Gasteiger partial charge on any atom is -0.481 e. The van der Waals surface area contributed by atoms with E-state index in [1.54, 1.807) is 0 Å². The number of halogens is 2. The molecular formula is C17H11F2N3O5S. The molecule has 0 aliphatic rings. The highest BCUT2D eigenvalue weighted by atomic mass is 32.2. The van der Waals surface area contributed by atoms with Gasteiger partial charge in [-0.15, -0.1) is 4.36 Å². The Morgan fingerprint density at radius 1 is 1.25 bits per heavy atom. The zero-order valence-corrected chi connectivity index (χ0v) is 14.8. The summed E-state index contributed by atoms with van der Waals surface area (Å²) in [5.74, 6) is -4.63. The highest BCUT2D eigenvalue weighted by molar-refractivity contribution is 7.61. The lowest BCUT2D eigenvalue weighted by atomic mass is 10.0. The maximum Gasteiger partial charge on any atom is 0.316 e. The van der Waals surface area contributed by atoms with Crippen molar-refractivity contribution in [1.82, 2.24) is 9.97 Å². The van der Waals surface area contributed by atoms with Crippen LogP contribution in [0.2, 0.25) is 0 Å². The number of hydrogen-bond acceptors (Lipinski definition) is 6. The van der Waals surface area contributed by atoms with Gasteiger partial charge in [-0.05, 0) is 30.2 Å². The van der Waals surface area contributed by atoms with E-state index in [0.717, 1.165) is 12.1 Å². The number of nitrogens with one attached hydrogen (secondary N) is 1. The standard InChI is InChI=1S/C17H11F2N3O5S/c18-11-2-3-12(22-28(26)27)15(19)14(11)16(25)10-7-21-17-9(10)5-8(6-20-17)1-4-13(23)24/h2-3,5-7H,1,4H2,(H,20,21)(H,23,24). The lowest BCUT2D eigenvalue weighted by Gasteiger charge is -2.06. The molecule has 0 aliphatic heterocycles. The molecule has 0 aliphatic carbocycles. The number of rotatable bonds is 6. The van der Waals surface area contributed by atoms with Crippen LogP contribution >= 0.6 is 0 Å². The summed E-state index contributed by atoms with van der Waals surface area (Å²) in [6, 6.07) is 3.05. The first-order valence-electron chi connectivity index (χ1n) is 7.79. The van der Waals surface area contributed by atoms with Crippen LogP contribution in [0.1, 0.15) is 27.9 Å². The van der Waals surface area contributed by atoms with Gasteiger partial charge < -0.3 is 10.1 Å². The number of ketones is 1. The van der Waals surface area contributed by atoms with E-state index in [-0.39, 0.29) is 29.4 Å². The molecule has 2 N–H and O–H groups in total. The quantitative estimate of drug-likeness (QED) is 0.605.